The van der Waals surface area contributed by atoms with Crippen LogP contribution in [0.15, 0.2) is 17.3 Å². The van der Waals surface area contributed by atoms with Crippen molar-refractivity contribution < 1.29 is 0 Å². The number of nitrogens with zero attached hydrogens (tertiary/aromatic N) is 1. The molecular weight excluding hydrogens is 180 g/mol. The van der Waals surface area contributed by atoms with E-state index in [1.165, 1.54) is 5.56 Å². The summed E-state index contributed by atoms with van der Waals surface area (Å²) in [6.45, 7) is 4.16. The summed E-state index contributed by atoms with van der Waals surface area (Å²) < 4.78 is 0. The van der Waals surface area contributed by atoms with Crippen LogP contribution in [0.25, 0.3) is 0 Å². The molecule has 0 unspecified atom stereocenters. The molecule has 0 bridgehead atoms. The van der Waals surface area contributed by atoms with Gasteiger partial charge in [0.2, 0.25) is 0 Å². The standard InChI is InChI=1S/C10H16N2S/c1-4-9(11)8-5-7(2)10(13-3)12-6-8/h5-6,9H,4,11H2,1-3H3/t9-/m0/s1. The van der Waals surface area contributed by atoms with Crippen LogP contribution in [0.2, 0.25) is 0 Å². The molecule has 1 heterocycles. The Hall–Kier alpha value is -0.540. The smallest absolute Gasteiger partial charge is 0.0986 e. The second-order valence-corrected chi connectivity index (χ2v) is 3.90. The highest BCUT2D eigenvalue weighted by Gasteiger charge is 2.05. The Morgan fingerprint density at radius 1 is 1.62 bits per heavy atom. The number of aromatic nitrogens is 1. The lowest BCUT2D eigenvalue weighted by atomic mass is 10.1. The molecule has 0 aliphatic carbocycles. The van der Waals surface area contributed by atoms with Crippen molar-refractivity contribution in [1.82, 2.24) is 4.98 Å². The summed E-state index contributed by atoms with van der Waals surface area (Å²) in [6.07, 6.45) is 4.88. The summed E-state index contributed by atoms with van der Waals surface area (Å²) in [5.74, 6) is 0. The fraction of sp³-hybridized carbons (Fsp3) is 0.500. The van der Waals surface area contributed by atoms with E-state index in [2.05, 4.69) is 24.9 Å². The van der Waals surface area contributed by atoms with Gasteiger partial charge in [0.15, 0.2) is 0 Å². The molecule has 0 amide bonds. The maximum absolute atomic E-state index is 5.91. The average Bonchev–Trinajstić information content (AvgIpc) is 2.16. The second kappa shape index (κ2) is 4.63. The van der Waals surface area contributed by atoms with Crippen molar-refractivity contribution in [2.24, 2.45) is 5.73 Å². The molecule has 0 radical (unpaired) electrons. The SMILES string of the molecule is CC[C@H](N)c1cnc(SC)c(C)c1. The molecule has 0 spiro atoms. The highest BCUT2D eigenvalue weighted by molar-refractivity contribution is 7.98. The van der Waals surface area contributed by atoms with E-state index in [1.807, 2.05) is 12.5 Å². The molecule has 1 aromatic heterocycles. The Morgan fingerprint density at radius 3 is 2.77 bits per heavy atom. The van der Waals surface area contributed by atoms with E-state index in [0.29, 0.717) is 0 Å². The molecule has 1 atom stereocenters. The Balaban J connectivity index is 2.95. The molecule has 13 heavy (non-hydrogen) atoms. The molecular formula is C10H16N2S. The quantitative estimate of drug-likeness (QED) is 0.755. The largest absolute Gasteiger partial charge is 0.324 e. The molecule has 1 aromatic rings. The molecule has 2 N–H and O–H groups in total. The molecule has 0 aliphatic rings. The number of thioether (sulfide) groups is 1. The predicted molar refractivity (Wildman–Crippen MR) is 58.0 cm³/mol. The number of hydrogen-bond acceptors (Lipinski definition) is 3. The first-order valence-corrected chi connectivity index (χ1v) is 5.67. The van der Waals surface area contributed by atoms with Crippen LogP contribution in [0.1, 0.15) is 30.5 Å². The van der Waals surface area contributed by atoms with Gasteiger partial charge in [-0.2, -0.15) is 0 Å². The Bertz CT molecular complexity index is 286. The third-order valence-corrected chi connectivity index (χ3v) is 2.93. The van der Waals surface area contributed by atoms with Gasteiger partial charge in [0.05, 0.1) is 5.03 Å². The van der Waals surface area contributed by atoms with Gasteiger partial charge in [-0.05, 0) is 30.7 Å². The van der Waals surface area contributed by atoms with Gasteiger partial charge in [-0.3, -0.25) is 0 Å². The Labute approximate surface area is 83.9 Å². The maximum Gasteiger partial charge on any atom is 0.0986 e. The van der Waals surface area contributed by atoms with Crippen LogP contribution < -0.4 is 5.73 Å². The summed E-state index contributed by atoms with van der Waals surface area (Å²) in [6, 6.07) is 2.26. The highest BCUT2D eigenvalue weighted by atomic mass is 32.2. The number of nitrogens with two attached hydrogens (primary N) is 1. The minimum Gasteiger partial charge on any atom is -0.324 e. The van der Waals surface area contributed by atoms with Gasteiger partial charge in [0, 0.05) is 12.2 Å². The minimum absolute atomic E-state index is 0.127. The van der Waals surface area contributed by atoms with Gasteiger partial charge >= 0.3 is 0 Å². The molecule has 0 fully saturated rings. The third kappa shape index (κ3) is 2.45. The zero-order valence-electron chi connectivity index (χ0n) is 8.37. The van der Waals surface area contributed by atoms with Crippen molar-refractivity contribution in [2.75, 3.05) is 6.26 Å². The number of aryl methyl sites for hydroxylation is 1. The van der Waals surface area contributed by atoms with Gasteiger partial charge in [-0.1, -0.05) is 13.0 Å². The van der Waals surface area contributed by atoms with Crippen molar-refractivity contribution in [1.29, 1.82) is 0 Å². The highest BCUT2D eigenvalue weighted by Crippen LogP contribution is 2.20. The van der Waals surface area contributed by atoms with Crippen molar-refractivity contribution >= 4 is 11.8 Å². The zero-order valence-corrected chi connectivity index (χ0v) is 9.19. The number of rotatable bonds is 3. The first-order chi connectivity index (χ1) is 6.19. The molecule has 3 heteroatoms. The monoisotopic (exact) mass is 196 g/mol. The van der Waals surface area contributed by atoms with E-state index < -0.39 is 0 Å². The average molecular weight is 196 g/mol. The fourth-order valence-corrected chi connectivity index (χ4v) is 1.78. The van der Waals surface area contributed by atoms with Gasteiger partial charge in [0.25, 0.3) is 0 Å². The van der Waals surface area contributed by atoms with E-state index in [0.717, 1.165) is 17.0 Å². The normalized spacial score (nSPS) is 12.9. The van der Waals surface area contributed by atoms with E-state index >= 15 is 0 Å². The van der Waals surface area contributed by atoms with Crippen LogP contribution in [0, 0.1) is 6.92 Å². The lowest BCUT2D eigenvalue weighted by Crippen LogP contribution is -2.09. The Morgan fingerprint density at radius 2 is 2.31 bits per heavy atom. The number of hydrogen-bond donors (Lipinski definition) is 1. The molecule has 0 saturated carbocycles. The summed E-state index contributed by atoms with van der Waals surface area (Å²) in [5.41, 5.74) is 8.26. The van der Waals surface area contributed by atoms with Crippen molar-refractivity contribution in [2.45, 2.75) is 31.3 Å². The summed E-state index contributed by atoms with van der Waals surface area (Å²) in [7, 11) is 0. The summed E-state index contributed by atoms with van der Waals surface area (Å²) in [4.78, 5) is 4.35. The zero-order chi connectivity index (χ0) is 9.84. The lowest BCUT2D eigenvalue weighted by Gasteiger charge is -2.10. The number of pyridine rings is 1. The van der Waals surface area contributed by atoms with Gasteiger partial charge in [-0.15, -0.1) is 11.8 Å². The molecule has 72 valence electrons. The van der Waals surface area contributed by atoms with E-state index in [9.17, 15) is 0 Å². The first-order valence-electron chi connectivity index (χ1n) is 4.45. The van der Waals surface area contributed by atoms with Crippen LogP contribution in [0.5, 0.6) is 0 Å². The van der Waals surface area contributed by atoms with E-state index in [4.69, 9.17) is 5.73 Å². The van der Waals surface area contributed by atoms with E-state index in [-0.39, 0.29) is 6.04 Å². The molecule has 0 saturated heterocycles. The van der Waals surface area contributed by atoms with Crippen LogP contribution in [0.3, 0.4) is 0 Å². The topological polar surface area (TPSA) is 38.9 Å². The van der Waals surface area contributed by atoms with Crippen molar-refractivity contribution in [3.05, 3.63) is 23.4 Å². The van der Waals surface area contributed by atoms with Gasteiger partial charge < -0.3 is 5.73 Å². The van der Waals surface area contributed by atoms with Crippen LogP contribution in [0.4, 0.5) is 0 Å². The van der Waals surface area contributed by atoms with Crippen molar-refractivity contribution in [3.8, 4) is 0 Å². The van der Waals surface area contributed by atoms with Crippen LogP contribution >= 0.6 is 11.8 Å². The van der Waals surface area contributed by atoms with E-state index in [1.54, 1.807) is 11.8 Å². The van der Waals surface area contributed by atoms with Crippen molar-refractivity contribution in [3.63, 3.8) is 0 Å². The maximum atomic E-state index is 5.91. The minimum atomic E-state index is 0.127. The summed E-state index contributed by atoms with van der Waals surface area (Å²) in [5, 5.41) is 1.09. The first kappa shape index (κ1) is 10.5. The van der Waals surface area contributed by atoms with Crippen LogP contribution in [-0.4, -0.2) is 11.2 Å². The molecule has 0 aliphatic heterocycles. The summed E-state index contributed by atoms with van der Waals surface area (Å²) >= 11 is 1.67. The second-order valence-electron chi connectivity index (χ2n) is 3.11. The predicted octanol–water partition coefficient (Wildman–Crippen LogP) is 2.52. The van der Waals surface area contributed by atoms with Crippen LogP contribution in [-0.2, 0) is 0 Å². The van der Waals surface area contributed by atoms with Gasteiger partial charge in [0.1, 0.15) is 0 Å². The molecule has 1 rings (SSSR count). The molecule has 2 nitrogen and oxygen atoms in total. The Kier molecular flexibility index (Phi) is 3.75. The third-order valence-electron chi connectivity index (χ3n) is 2.11. The van der Waals surface area contributed by atoms with Gasteiger partial charge in [-0.25, -0.2) is 4.98 Å². The lowest BCUT2D eigenvalue weighted by molar-refractivity contribution is 0.691. The molecule has 0 aromatic carbocycles. The fourth-order valence-electron chi connectivity index (χ4n) is 1.24.